The smallest absolute Gasteiger partial charge is 0.311 e. The molecule has 0 saturated heterocycles. The number of nitrogens with one attached hydrogen (secondary N) is 1. The number of carbonyl (C=O) groups excluding carboxylic acids is 1. The highest BCUT2D eigenvalue weighted by atomic mass is 19.2. The normalized spacial score (nSPS) is 10.2. The van der Waals surface area contributed by atoms with Crippen LogP contribution in [0.3, 0.4) is 0 Å². The first-order valence-electron chi connectivity index (χ1n) is 6.18. The topological polar surface area (TPSA) is 81.5 Å². The maximum atomic E-state index is 13.1. The van der Waals surface area contributed by atoms with Crippen LogP contribution >= 0.6 is 0 Å². The zero-order valence-corrected chi connectivity index (χ0v) is 11.4. The molecule has 0 radical (unpaired) electrons. The fourth-order valence-electron chi connectivity index (χ4n) is 1.67. The molecule has 0 heterocycles. The van der Waals surface area contributed by atoms with Crippen molar-refractivity contribution in [3.05, 3.63) is 64.0 Å². The zero-order valence-electron chi connectivity index (χ0n) is 11.4. The lowest BCUT2D eigenvalue weighted by atomic mass is 10.3. The molecular weight excluding hydrogens is 317 g/mol. The fourth-order valence-corrected chi connectivity index (χ4v) is 1.67. The van der Waals surface area contributed by atoms with Crippen LogP contribution in [0.2, 0.25) is 0 Å². The van der Waals surface area contributed by atoms with E-state index >= 15 is 0 Å². The van der Waals surface area contributed by atoms with Gasteiger partial charge in [0.05, 0.1) is 4.92 Å². The van der Waals surface area contributed by atoms with E-state index in [9.17, 15) is 28.1 Å². The van der Waals surface area contributed by atoms with E-state index < -0.39 is 46.3 Å². The summed E-state index contributed by atoms with van der Waals surface area (Å²) in [6, 6.07) is 5.26. The predicted octanol–water partition coefficient (Wildman–Crippen LogP) is 3.03. The number of amides is 1. The average molecular weight is 326 g/mol. The van der Waals surface area contributed by atoms with Crippen molar-refractivity contribution in [1.29, 1.82) is 0 Å². The molecule has 0 bridgehead atoms. The quantitative estimate of drug-likeness (QED) is 0.676. The van der Waals surface area contributed by atoms with Crippen molar-refractivity contribution in [3.63, 3.8) is 0 Å². The Morgan fingerprint density at radius 1 is 1.13 bits per heavy atom. The van der Waals surface area contributed by atoms with Gasteiger partial charge in [0.25, 0.3) is 5.91 Å². The Kier molecular flexibility index (Phi) is 4.79. The molecule has 0 fully saturated rings. The van der Waals surface area contributed by atoms with Gasteiger partial charge in [-0.2, -0.15) is 0 Å². The Bertz CT molecular complexity index is 768. The summed E-state index contributed by atoms with van der Waals surface area (Å²) in [5, 5.41) is 13.0. The second-order valence-electron chi connectivity index (χ2n) is 4.33. The van der Waals surface area contributed by atoms with E-state index in [1.165, 1.54) is 0 Å². The van der Waals surface area contributed by atoms with Gasteiger partial charge < -0.3 is 10.1 Å². The van der Waals surface area contributed by atoms with Crippen molar-refractivity contribution in [2.24, 2.45) is 0 Å². The maximum Gasteiger partial charge on any atom is 0.311 e. The number of carbonyl (C=O) groups is 1. The highest BCUT2D eigenvalue weighted by Crippen LogP contribution is 2.27. The molecule has 0 atom stereocenters. The molecule has 0 aliphatic carbocycles. The molecule has 0 spiro atoms. The van der Waals surface area contributed by atoms with E-state index in [1.807, 2.05) is 0 Å². The number of anilines is 1. The minimum atomic E-state index is -1.15. The van der Waals surface area contributed by atoms with Crippen LogP contribution in [0.5, 0.6) is 5.75 Å². The lowest BCUT2D eigenvalue weighted by Crippen LogP contribution is -2.20. The summed E-state index contributed by atoms with van der Waals surface area (Å²) in [6.07, 6.45) is 0. The van der Waals surface area contributed by atoms with E-state index in [0.29, 0.717) is 0 Å². The van der Waals surface area contributed by atoms with E-state index in [1.54, 1.807) is 0 Å². The molecule has 2 aromatic rings. The summed E-state index contributed by atoms with van der Waals surface area (Å²) in [6.45, 7) is -0.677. The molecule has 0 saturated carbocycles. The number of hydrogen-bond acceptors (Lipinski definition) is 4. The van der Waals surface area contributed by atoms with Crippen LogP contribution in [0.4, 0.5) is 24.5 Å². The van der Waals surface area contributed by atoms with Gasteiger partial charge in [-0.05, 0) is 18.2 Å². The number of nitrogens with zero attached hydrogens (tertiary/aromatic N) is 1. The van der Waals surface area contributed by atoms with Crippen molar-refractivity contribution >= 4 is 17.3 Å². The van der Waals surface area contributed by atoms with E-state index in [-0.39, 0.29) is 5.69 Å². The fraction of sp³-hybridized carbons (Fsp3) is 0.0714. The lowest BCUT2D eigenvalue weighted by molar-refractivity contribution is -0.385. The summed E-state index contributed by atoms with van der Waals surface area (Å²) in [4.78, 5) is 21.6. The summed E-state index contributed by atoms with van der Waals surface area (Å²) < 4.78 is 43.7. The average Bonchev–Trinajstić information content (AvgIpc) is 2.48. The van der Waals surface area contributed by atoms with Crippen molar-refractivity contribution in [1.82, 2.24) is 0 Å². The van der Waals surface area contributed by atoms with Crippen molar-refractivity contribution in [2.45, 2.75) is 0 Å². The van der Waals surface area contributed by atoms with Crippen molar-refractivity contribution in [2.75, 3.05) is 11.9 Å². The van der Waals surface area contributed by atoms with Crippen LogP contribution in [0.1, 0.15) is 0 Å². The Morgan fingerprint density at radius 3 is 2.52 bits per heavy atom. The second kappa shape index (κ2) is 6.77. The van der Waals surface area contributed by atoms with Crippen LogP contribution in [0.25, 0.3) is 0 Å². The molecule has 0 aromatic heterocycles. The number of nitro benzene ring substituents is 1. The third-order valence-electron chi connectivity index (χ3n) is 2.68. The molecular formula is C14H9F3N2O4. The Hall–Kier alpha value is -3.10. The zero-order chi connectivity index (χ0) is 17.0. The SMILES string of the molecule is O=C(COc1cc(F)ccc1[N+](=O)[O-])Nc1ccc(F)c(F)c1. The van der Waals surface area contributed by atoms with Gasteiger partial charge in [-0.3, -0.25) is 14.9 Å². The first kappa shape index (κ1) is 16.3. The van der Waals surface area contributed by atoms with Crippen LogP contribution in [0.15, 0.2) is 36.4 Å². The van der Waals surface area contributed by atoms with Gasteiger partial charge in [0.1, 0.15) is 5.82 Å². The lowest BCUT2D eigenvalue weighted by Gasteiger charge is -2.08. The number of rotatable bonds is 5. The van der Waals surface area contributed by atoms with E-state index in [2.05, 4.69) is 5.32 Å². The van der Waals surface area contributed by atoms with Crippen LogP contribution in [-0.2, 0) is 4.79 Å². The van der Waals surface area contributed by atoms with Crippen molar-refractivity contribution in [3.8, 4) is 5.75 Å². The maximum absolute atomic E-state index is 13.1. The highest BCUT2D eigenvalue weighted by molar-refractivity contribution is 5.91. The molecule has 0 aliphatic heterocycles. The van der Waals surface area contributed by atoms with Gasteiger partial charge >= 0.3 is 5.69 Å². The third-order valence-corrected chi connectivity index (χ3v) is 2.68. The molecule has 120 valence electrons. The molecule has 1 amide bonds. The molecule has 2 rings (SSSR count). The number of ether oxygens (including phenoxy) is 1. The van der Waals surface area contributed by atoms with Crippen LogP contribution in [0, 0.1) is 27.6 Å². The predicted molar refractivity (Wildman–Crippen MR) is 73.5 cm³/mol. The number of nitro groups is 1. The Morgan fingerprint density at radius 2 is 1.87 bits per heavy atom. The molecule has 2 aromatic carbocycles. The van der Waals surface area contributed by atoms with Crippen LogP contribution < -0.4 is 10.1 Å². The third kappa shape index (κ3) is 4.19. The minimum Gasteiger partial charge on any atom is -0.477 e. The van der Waals surface area contributed by atoms with Gasteiger partial charge in [0, 0.05) is 23.9 Å². The number of hydrogen-bond donors (Lipinski definition) is 1. The molecule has 23 heavy (non-hydrogen) atoms. The standard InChI is InChI=1S/C14H9F3N2O4/c15-8-1-4-12(19(21)22)13(5-8)23-7-14(20)18-9-2-3-10(16)11(17)6-9/h1-6H,7H2,(H,18,20). The van der Waals surface area contributed by atoms with Gasteiger partial charge in [0.2, 0.25) is 5.75 Å². The largest absolute Gasteiger partial charge is 0.477 e. The van der Waals surface area contributed by atoms with Crippen molar-refractivity contribution < 1.29 is 27.6 Å². The first-order valence-corrected chi connectivity index (χ1v) is 6.18. The molecule has 0 unspecified atom stereocenters. The Labute approximate surface area is 127 Å². The van der Waals surface area contributed by atoms with E-state index in [0.717, 1.165) is 36.4 Å². The summed E-state index contributed by atoms with van der Waals surface area (Å²) in [5.41, 5.74) is -0.529. The first-order chi connectivity index (χ1) is 10.9. The van der Waals surface area contributed by atoms with Crippen LogP contribution in [-0.4, -0.2) is 17.4 Å². The van der Waals surface area contributed by atoms with Gasteiger partial charge in [-0.15, -0.1) is 0 Å². The molecule has 9 heteroatoms. The summed E-state index contributed by atoms with van der Waals surface area (Å²) in [7, 11) is 0. The summed E-state index contributed by atoms with van der Waals surface area (Å²) in [5.74, 6) is -4.20. The second-order valence-corrected chi connectivity index (χ2v) is 4.33. The molecule has 0 aliphatic rings. The number of halogens is 3. The van der Waals surface area contributed by atoms with Gasteiger partial charge in [0.15, 0.2) is 18.2 Å². The van der Waals surface area contributed by atoms with E-state index in [4.69, 9.17) is 4.74 Å². The highest BCUT2D eigenvalue weighted by Gasteiger charge is 2.17. The monoisotopic (exact) mass is 326 g/mol. The van der Waals surface area contributed by atoms with Gasteiger partial charge in [-0.1, -0.05) is 0 Å². The number of benzene rings is 2. The molecule has 1 N–H and O–H groups in total. The molecule has 6 nitrogen and oxygen atoms in total. The minimum absolute atomic E-state index is 0.0220. The Balaban J connectivity index is 2.03. The van der Waals surface area contributed by atoms with Gasteiger partial charge in [-0.25, -0.2) is 13.2 Å². The summed E-state index contributed by atoms with van der Waals surface area (Å²) >= 11 is 0.